The Bertz CT molecular complexity index is 1220. The molecule has 0 fully saturated rings. The van der Waals surface area contributed by atoms with Gasteiger partial charge in [-0.1, -0.05) is 17.7 Å². The molecule has 0 atom stereocenters. The van der Waals surface area contributed by atoms with Crippen LogP contribution in [0.1, 0.15) is 21.7 Å². The number of primary amides is 1. The molecule has 0 aliphatic carbocycles. The topological polar surface area (TPSA) is 129 Å². The number of hydrogen-bond donors (Lipinski definition) is 2. The molecule has 146 valence electrons. The smallest absolute Gasteiger partial charge is 0.316 e. The maximum absolute atomic E-state index is 13.0. The highest BCUT2D eigenvalue weighted by atomic mass is 35.5. The number of carbonyl (C=O) groups is 2. The summed E-state index contributed by atoms with van der Waals surface area (Å²) in [4.78, 5) is 24.4. The predicted octanol–water partition coefficient (Wildman–Crippen LogP) is 3.45. The summed E-state index contributed by atoms with van der Waals surface area (Å²) in [7, 11) is -3.75. The van der Waals surface area contributed by atoms with E-state index in [0.717, 1.165) is 11.8 Å². The van der Waals surface area contributed by atoms with E-state index in [1.54, 1.807) is 18.2 Å². The first-order valence-corrected chi connectivity index (χ1v) is 10.1. The minimum absolute atomic E-state index is 0.0123. The molecule has 2 aromatic carbocycles. The number of carbonyl (C=O) groups excluding carboxylic acids is 2. The second-order valence-electron chi connectivity index (χ2n) is 6.05. The molecule has 3 N–H and O–H groups in total. The SMILES string of the molecule is Cc1ccc(C(=O)c2oc3cc(OS(C)(=O)=O)ccc3c2NC(N)=O)c(Cl)c1. The number of benzene rings is 2. The fourth-order valence-corrected chi connectivity index (χ4v) is 3.41. The maximum Gasteiger partial charge on any atom is 0.316 e. The van der Waals surface area contributed by atoms with E-state index >= 15 is 0 Å². The highest BCUT2D eigenvalue weighted by molar-refractivity contribution is 7.86. The van der Waals surface area contributed by atoms with Crippen LogP contribution in [0.2, 0.25) is 5.02 Å². The summed E-state index contributed by atoms with van der Waals surface area (Å²) in [5.41, 5.74) is 6.42. The quantitative estimate of drug-likeness (QED) is 0.478. The van der Waals surface area contributed by atoms with Gasteiger partial charge in [-0.05, 0) is 36.8 Å². The molecule has 28 heavy (non-hydrogen) atoms. The van der Waals surface area contributed by atoms with Crippen LogP contribution in [-0.4, -0.2) is 26.5 Å². The first-order valence-electron chi connectivity index (χ1n) is 7.88. The Labute approximate surface area is 165 Å². The minimum atomic E-state index is -3.75. The van der Waals surface area contributed by atoms with Gasteiger partial charge in [0.05, 0.1) is 11.3 Å². The Morgan fingerprint density at radius 2 is 1.89 bits per heavy atom. The molecule has 0 saturated carbocycles. The van der Waals surface area contributed by atoms with Crippen molar-refractivity contribution < 1.29 is 26.6 Å². The number of furan rings is 1. The molecule has 0 aliphatic heterocycles. The molecule has 3 rings (SSSR count). The van der Waals surface area contributed by atoms with Crippen LogP contribution in [0.15, 0.2) is 40.8 Å². The first-order chi connectivity index (χ1) is 13.0. The molecule has 1 heterocycles. The van der Waals surface area contributed by atoms with E-state index in [-0.39, 0.29) is 33.4 Å². The average molecular weight is 423 g/mol. The lowest BCUT2D eigenvalue weighted by atomic mass is 10.1. The molecule has 2 amide bonds. The van der Waals surface area contributed by atoms with E-state index in [9.17, 15) is 18.0 Å². The van der Waals surface area contributed by atoms with Crippen molar-refractivity contribution in [3.63, 3.8) is 0 Å². The Kier molecular flexibility index (Phi) is 5.05. The van der Waals surface area contributed by atoms with Crippen LogP contribution in [0.4, 0.5) is 10.5 Å². The van der Waals surface area contributed by atoms with Crippen molar-refractivity contribution in [2.75, 3.05) is 11.6 Å². The Morgan fingerprint density at radius 3 is 2.50 bits per heavy atom. The Morgan fingerprint density at radius 1 is 1.18 bits per heavy atom. The van der Waals surface area contributed by atoms with Gasteiger partial charge in [0, 0.05) is 17.0 Å². The van der Waals surface area contributed by atoms with Crippen molar-refractivity contribution >= 4 is 50.2 Å². The lowest BCUT2D eigenvalue weighted by Crippen LogP contribution is -2.20. The molecule has 1 aromatic heterocycles. The largest absolute Gasteiger partial charge is 0.450 e. The number of halogens is 1. The predicted molar refractivity (Wildman–Crippen MR) is 105 cm³/mol. The second-order valence-corrected chi connectivity index (χ2v) is 8.04. The molecule has 3 aromatic rings. The van der Waals surface area contributed by atoms with Crippen molar-refractivity contribution in [2.24, 2.45) is 5.73 Å². The number of urea groups is 1. The van der Waals surface area contributed by atoms with Gasteiger partial charge in [-0.2, -0.15) is 8.42 Å². The lowest BCUT2D eigenvalue weighted by Gasteiger charge is -2.05. The van der Waals surface area contributed by atoms with Crippen LogP contribution in [0.3, 0.4) is 0 Å². The third-order valence-electron chi connectivity index (χ3n) is 3.73. The van der Waals surface area contributed by atoms with Crippen LogP contribution in [0, 0.1) is 6.92 Å². The molecular formula is C18H15ClN2O6S. The fraction of sp³-hybridized carbons (Fsp3) is 0.111. The van der Waals surface area contributed by atoms with E-state index in [0.29, 0.717) is 5.39 Å². The summed E-state index contributed by atoms with van der Waals surface area (Å²) in [6.45, 7) is 1.82. The number of aryl methyl sites for hydroxylation is 1. The van der Waals surface area contributed by atoms with Crippen molar-refractivity contribution in [1.82, 2.24) is 0 Å². The van der Waals surface area contributed by atoms with Crippen LogP contribution in [-0.2, 0) is 10.1 Å². The zero-order valence-corrected chi connectivity index (χ0v) is 16.3. The van der Waals surface area contributed by atoms with E-state index in [1.165, 1.54) is 18.2 Å². The van der Waals surface area contributed by atoms with Crippen molar-refractivity contribution in [3.05, 3.63) is 58.3 Å². The molecular weight excluding hydrogens is 408 g/mol. The number of ketones is 1. The summed E-state index contributed by atoms with van der Waals surface area (Å²) >= 11 is 6.17. The molecule has 8 nitrogen and oxygen atoms in total. The molecule has 10 heteroatoms. The molecule has 0 unspecified atom stereocenters. The highest BCUT2D eigenvalue weighted by Gasteiger charge is 2.25. The third kappa shape index (κ3) is 4.10. The lowest BCUT2D eigenvalue weighted by molar-refractivity contribution is 0.101. The molecule has 0 saturated heterocycles. The van der Waals surface area contributed by atoms with E-state index in [4.69, 9.17) is 25.9 Å². The number of anilines is 1. The standard InChI is InChI=1S/C18H15ClN2O6S/c1-9-3-5-11(13(19)7-9)16(22)17-15(21-18(20)23)12-6-4-10(8-14(12)26-17)27-28(2,24)25/h3-8H,1-2H3,(H3,20,21,23). The minimum Gasteiger partial charge on any atom is -0.450 e. The van der Waals surface area contributed by atoms with Crippen LogP contribution in [0.25, 0.3) is 11.0 Å². The van der Waals surface area contributed by atoms with E-state index < -0.39 is 21.9 Å². The first kappa shape index (κ1) is 19.7. The van der Waals surface area contributed by atoms with Crippen molar-refractivity contribution in [2.45, 2.75) is 6.92 Å². The van der Waals surface area contributed by atoms with Crippen molar-refractivity contribution in [3.8, 4) is 5.75 Å². The van der Waals surface area contributed by atoms with Gasteiger partial charge in [-0.25, -0.2) is 4.79 Å². The molecule has 0 spiro atoms. The fourth-order valence-electron chi connectivity index (χ4n) is 2.64. The summed E-state index contributed by atoms with van der Waals surface area (Å²) in [6.07, 6.45) is 0.897. The summed E-state index contributed by atoms with van der Waals surface area (Å²) < 4.78 is 33.0. The van der Waals surface area contributed by atoms with Gasteiger partial charge in [0.1, 0.15) is 17.0 Å². The highest BCUT2D eigenvalue weighted by Crippen LogP contribution is 2.36. The van der Waals surface area contributed by atoms with Gasteiger partial charge in [0.25, 0.3) is 0 Å². The molecule has 0 aliphatic rings. The second kappa shape index (κ2) is 7.17. The third-order valence-corrected chi connectivity index (χ3v) is 4.54. The van der Waals surface area contributed by atoms with Gasteiger partial charge in [0.2, 0.25) is 5.78 Å². The molecule has 0 radical (unpaired) electrons. The average Bonchev–Trinajstić information content (AvgIpc) is 2.90. The summed E-state index contributed by atoms with van der Waals surface area (Å²) in [5.74, 6) is -0.784. The van der Waals surface area contributed by atoms with E-state index in [1.807, 2.05) is 6.92 Å². The van der Waals surface area contributed by atoms with Crippen LogP contribution >= 0.6 is 11.6 Å². The Hall–Kier alpha value is -3.04. The summed E-state index contributed by atoms with van der Waals surface area (Å²) in [5, 5.41) is 2.93. The van der Waals surface area contributed by atoms with Crippen molar-refractivity contribution in [1.29, 1.82) is 0 Å². The van der Waals surface area contributed by atoms with Gasteiger partial charge in [0.15, 0.2) is 5.76 Å². The van der Waals surface area contributed by atoms with Gasteiger partial charge in [-0.3, -0.25) is 4.79 Å². The number of hydrogen-bond acceptors (Lipinski definition) is 6. The van der Waals surface area contributed by atoms with Gasteiger partial charge < -0.3 is 19.7 Å². The zero-order chi connectivity index (χ0) is 20.6. The normalized spacial score (nSPS) is 11.4. The Balaban J connectivity index is 2.16. The van der Waals surface area contributed by atoms with Crippen LogP contribution in [0.5, 0.6) is 5.75 Å². The van der Waals surface area contributed by atoms with Gasteiger partial charge in [-0.15, -0.1) is 0 Å². The summed E-state index contributed by atoms with van der Waals surface area (Å²) in [6, 6.07) is 8.06. The maximum atomic E-state index is 13.0. The van der Waals surface area contributed by atoms with E-state index in [2.05, 4.69) is 5.32 Å². The number of rotatable bonds is 5. The number of nitrogens with two attached hydrogens (primary N) is 1. The van der Waals surface area contributed by atoms with Gasteiger partial charge >= 0.3 is 16.1 Å². The number of amides is 2. The molecule has 0 bridgehead atoms. The van der Waals surface area contributed by atoms with Crippen LogP contribution < -0.4 is 15.2 Å². The monoisotopic (exact) mass is 422 g/mol. The number of nitrogens with one attached hydrogen (secondary N) is 1. The zero-order valence-electron chi connectivity index (χ0n) is 14.8. The number of fused-ring (bicyclic) bond motifs is 1.